The summed E-state index contributed by atoms with van der Waals surface area (Å²) >= 11 is 0. The molecule has 0 aliphatic heterocycles. The van der Waals surface area contributed by atoms with E-state index in [2.05, 4.69) is 4.42 Å². The van der Waals surface area contributed by atoms with Crippen LogP contribution in [0.5, 0.6) is 0 Å². The van der Waals surface area contributed by atoms with Crippen LogP contribution in [-0.2, 0) is 0 Å². The summed E-state index contributed by atoms with van der Waals surface area (Å²) in [6, 6.07) is 2.12. The van der Waals surface area contributed by atoms with E-state index in [9.17, 15) is 12.9 Å². The van der Waals surface area contributed by atoms with E-state index >= 15 is 0 Å². The van der Waals surface area contributed by atoms with Crippen LogP contribution in [0.4, 0.5) is 12.9 Å². The molecule has 0 aromatic carbocycles. The predicted octanol–water partition coefficient (Wildman–Crippen LogP) is -1.66. The van der Waals surface area contributed by atoms with Crippen LogP contribution in [-0.4, -0.2) is 6.98 Å². The second kappa shape index (κ2) is 3.96. The molecule has 0 unspecified atom stereocenters. The Kier molecular flexibility index (Phi) is 4.27. The summed E-state index contributed by atoms with van der Waals surface area (Å²) in [4.78, 5) is 0. The Bertz CT molecular complexity index is 183. The third kappa shape index (κ3) is 2.79. The molecule has 1 heterocycles. The Morgan fingerprint density at radius 1 is 1.30 bits per heavy atom. The molecule has 0 atom stereocenters. The smallest absolute Gasteiger partial charge is 0.501 e. The van der Waals surface area contributed by atoms with Crippen molar-refractivity contribution in [3.63, 3.8) is 0 Å². The van der Waals surface area contributed by atoms with E-state index in [1.807, 2.05) is 0 Å². The molecule has 1 aromatic rings. The SMILES string of the molecule is F[B-](F)(F)c1ccco1.[K+]. The van der Waals surface area contributed by atoms with Gasteiger partial charge in [0.2, 0.25) is 0 Å². The van der Waals surface area contributed by atoms with Crippen molar-refractivity contribution in [2.75, 3.05) is 0 Å². The van der Waals surface area contributed by atoms with Crippen molar-refractivity contribution >= 4 is 12.6 Å². The van der Waals surface area contributed by atoms with Gasteiger partial charge < -0.3 is 17.4 Å². The van der Waals surface area contributed by atoms with Gasteiger partial charge in [-0.15, -0.1) is 0 Å². The Hall–Kier alpha value is 0.771. The Morgan fingerprint density at radius 3 is 2.10 bits per heavy atom. The first-order valence-electron chi connectivity index (χ1n) is 2.34. The normalized spacial score (nSPS) is 10.7. The van der Waals surface area contributed by atoms with E-state index in [0.717, 1.165) is 12.3 Å². The molecule has 0 fully saturated rings. The van der Waals surface area contributed by atoms with Gasteiger partial charge in [-0.05, 0) is 6.07 Å². The first-order chi connectivity index (χ1) is 4.11. The molecule has 0 N–H and O–H groups in total. The fourth-order valence-corrected chi connectivity index (χ4v) is 0.478. The molecule has 0 saturated heterocycles. The molecule has 0 radical (unpaired) electrons. The summed E-state index contributed by atoms with van der Waals surface area (Å²) in [5.41, 5.74) is -0.894. The molecule has 50 valence electrons. The summed E-state index contributed by atoms with van der Waals surface area (Å²) in [5.74, 6) is 0. The van der Waals surface area contributed by atoms with Crippen LogP contribution >= 0.6 is 0 Å². The second-order valence-electron chi connectivity index (χ2n) is 1.59. The summed E-state index contributed by atoms with van der Waals surface area (Å²) in [7, 11) is 0. The third-order valence-corrected chi connectivity index (χ3v) is 0.866. The van der Waals surface area contributed by atoms with Gasteiger partial charge in [-0.1, -0.05) is 6.07 Å². The topological polar surface area (TPSA) is 13.1 Å². The number of hydrogen-bond acceptors (Lipinski definition) is 1. The summed E-state index contributed by atoms with van der Waals surface area (Å²) in [6.07, 6.45) is 1.00. The number of furan rings is 1. The van der Waals surface area contributed by atoms with E-state index in [1.54, 1.807) is 0 Å². The fourth-order valence-electron chi connectivity index (χ4n) is 0.478. The molecule has 1 rings (SSSR count). The first kappa shape index (κ1) is 10.8. The van der Waals surface area contributed by atoms with Crippen molar-refractivity contribution in [1.29, 1.82) is 0 Å². The largest absolute Gasteiger partial charge is 1.00 e. The molecule has 0 aliphatic carbocycles. The molecule has 0 saturated carbocycles. The van der Waals surface area contributed by atoms with E-state index in [1.165, 1.54) is 6.07 Å². The molecule has 0 amide bonds. The number of hydrogen-bond donors (Lipinski definition) is 0. The molecule has 1 nitrogen and oxygen atoms in total. The van der Waals surface area contributed by atoms with Crippen molar-refractivity contribution in [2.45, 2.75) is 0 Å². The van der Waals surface area contributed by atoms with Gasteiger partial charge in [0.05, 0.1) is 6.26 Å². The van der Waals surface area contributed by atoms with Crippen molar-refractivity contribution in [2.24, 2.45) is 0 Å². The van der Waals surface area contributed by atoms with Crippen LogP contribution in [0.2, 0.25) is 0 Å². The quantitative estimate of drug-likeness (QED) is 0.464. The molecule has 6 heteroatoms. The van der Waals surface area contributed by atoms with Gasteiger partial charge in [-0.2, -0.15) is 0 Å². The van der Waals surface area contributed by atoms with E-state index < -0.39 is 12.6 Å². The molecular weight excluding hydrogens is 171 g/mol. The minimum absolute atomic E-state index is 0. The van der Waals surface area contributed by atoms with E-state index in [4.69, 9.17) is 0 Å². The zero-order chi connectivity index (χ0) is 6.91. The van der Waals surface area contributed by atoms with Crippen LogP contribution in [0, 0.1) is 0 Å². The van der Waals surface area contributed by atoms with Crippen LogP contribution in [0.25, 0.3) is 0 Å². The Morgan fingerprint density at radius 2 is 1.90 bits per heavy atom. The predicted molar refractivity (Wildman–Crippen MR) is 27.4 cm³/mol. The monoisotopic (exact) mass is 174 g/mol. The molecule has 0 spiro atoms. The maximum atomic E-state index is 11.6. The zero-order valence-electron chi connectivity index (χ0n) is 5.35. The minimum atomic E-state index is -4.93. The Balaban J connectivity index is 0.000000810. The van der Waals surface area contributed by atoms with Gasteiger partial charge in [-0.3, -0.25) is 0 Å². The van der Waals surface area contributed by atoms with Crippen molar-refractivity contribution < 1.29 is 68.7 Å². The third-order valence-electron chi connectivity index (χ3n) is 0.866. The van der Waals surface area contributed by atoms with Gasteiger partial charge in [-0.25, -0.2) is 0 Å². The van der Waals surface area contributed by atoms with E-state index in [0.29, 0.717) is 0 Å². The summed E-state index contributed by atoms with van der Waals surface area (Å²) in [5, 5.41) is 0. The minimum Gasteiger partial charge on any atom is -0.501 e. The van der Waals surface area contributed by atoms with Crippen molar-refractivity contribution in [1.82, 2.24) is 0 Å². The molecule has 0 aliphatic rings. The van der Waals surface area contributed by atoms with Gasteiger partial charge in [0.15, 0.2) is 0 Å². The number of halogens is 3. The van der Waals surface area contributed by atoms with Crippen molar-refractivity contribution in [3.8, 4) is 0 Å². The number of rotatable bonds is 1. The fraction of sp³-hybridized carbons (Fsp3) is 0. The average molecular weight is 174 g/mol. The molecular formula is C4H3BF3KO. The summed E-state index contributed by atoms with van der Waals surface area (Å²) < 4.78 is 38.9. The zero-order valence-corrected chi connectivity index (χ0v) is 8.47. The molecule has 0 bridgehead atoms. The average Bonchev–Trinajstić information content (AvgIpc) is 2.08. The van der Waals surface area contributed by atoms with Gasteiger partial charge >= 0.3 is 58.4 Å². The van der Waals surface area contributed by atoms with Gasteiger partial charge in [0, 0.05) is 5.66 Å². The van der Waals surface area contributed by atoms with Crippen LogP contribution in [0.3, 0.4) is 0 Å². The maximum absolute atomic E-state index is 11.6. The summed E-state index contributed by atoms with van der Waals surface area (Å²) in [6.45, 7) is -4.93. The van der Waals surface area contributed by atoms with Crippen molar-refractivity contribution in [3.05, 3.63) is 18.4 Å². The second-order valence-corrected chi connectivity index (χ2v) is 1.59. The Labute approximate surface area is 98.5 Å². The first-order valence-corrected chi connectivity index (χ1v) is 2.34. The van der Waals surface area contributed by atoms with Gasteiger partial charge in [0.25, 0.3) is 0 Å². The van der Waals surface area contributed by atoms with Gasteiger partial charge in [0.1, 0.15) is 0 Å². The molecule has 1 aromatic heterocycles. The van der Waals surface area contributed by atoms with Crippen LogP contribution in [0.15, 0.2) is 22.8 Å². The van der Waals surface area contributed by atoms with Crippen LogP contribution in [0.1, 0.15) is 0 Å². The maximum Gasteiger partial charge on any atom is 1.00 e. The standard InChI is InChI=1S/C4H3BF3O.K/c6-5(7,8)4-2-1-3-9-4;/h1-3H;/q-1;+1. The van der Waals surface area contributed by atoms with E-state index in [-0.39, 0.29) is 51.4 Å². The van der Waals surface area contributed by atoms with Crippen LogP contribution < -0.4 is 57.0 Å². The molecule has 10 heavy (non-hydrogen) atoms.